The van der Waals surface area contributed by atoms with Crippen LogP contribution in [0.15, 0.2) is 18.5 Å². The van der Waals surface area contributed by atoms with E-state index >= 15 is 0 Å². The molecule has 5 heteroatoms. The Balaban J connectivity index is 1.80. The summed E-state index contributed by atoms with van der Waals surface area (Å²) in [6.07, 6.45) is 6.26. The summed E-state index contributed by atoms with van der Waals surface area (Å²) in [4.78, 5) is 15.9. The minimum absolute atomic E-state index is 0.176. The summed E-state index contributed by atoms with van der Waals surface area (Å²) in [7, 11) is 0. The third-order valence-electron chi connectivity index (χ3n) is 3.40. The van der Waals surface area contributed by atoms with E-state index in [1.54, 1.807) is 0 Å². The van der Waals surface area contributed by atoms with E-state index in [4.69, 9.17) is 4.74 Å². The molecule has 21 heavy (non-hydrogen) atoms. The van der Waals surface area contributed by atoms with Gasteiger partial charge in [-0.2, -0.15) is 0 Å². The number of carbonyl (C=O) groups is 1. The molecule has 1 heterocycles. The van der Waals surface area contributed by atoms with Gasteiger partial charge in [0, 0.05) is 24.5 Å². The second kappa shape index (κ2) is 6.33. The van der Waals surface area contributed by atoms with Crippen LogP contribution >= 0.6 is 0 Å². The fourth-order valence-corrected chi connectivity index (χ4v) is 2.59. The van der Waals surface area contributed by atoms with Crippen molar-refractivity contribution in [3.05, 3.63) is 24.0 Å². The molecule has 0 radical (unpaired) electrons. The monoisotopic (exact) mass is 291 g/mol. The van der Waals surface area contributed by atoms with Gasteiger partial charge >= 0.3 is 6.09 Å². The third kappa shape index (κ3) is 5.25. The number of rotatable bonds is 3. The average Bonchev–Trinajstić information content (AvgIpc) is 2.73. The molecule has 1 aliphatic rings. The van der Waals surface area contributed by atoms with Crippen molar-refractivity contribution in [1.82, 2.24) is 10.3 Å². The largest absolute Gasteiger partial charge is 0.444 e. The van der Waals surface area contributed by atoms with Gasteiger partial charge in [-0.25, -0.2) is 4.79 Å². The molecule has 0 bridgehead atoms. The van der Waals surface area contributed by atoms with E-state index < -0.39 is 5.60 Å². The highest BCUT2D eigenvalue weighted by Gasteiger charge is 2.27. The molecule has 1 saturated carbocycles. The quantitative estimate of drug-likeness (QED) is 0.897. The Bertz CT molecular complexity index is 497. The first-order chi connectivity index (χ1) is 9.82. The van der Waals surface area contributed by atoms with Gasteiger partial charge in [0.2, 0.25) is 0 Å². The van der Waals surface area contributed by atoms with Crippen LogP contribution in [0.1, 0.15) is 45.6 Å². The zero-order valence-corrected chi connectivity index (χ0v) is 13.3. The van der Waals surface area contributed by atoms with Crippen LogP contribution in [0.3, 0.4) is 0 Å². The molecule has 1 aliphatic carbocycles. The minimum Gasteiger partial charge on any atom is -0.444 e. The first-order valence-corrected chi connectivity index (χ1v) is 7.49. The van der Waals surface area contributed by atoms with Gasteiger partial charge in [-0.3, -0.25) is 4.98 Å². The molecule has 2 N–H and O–H groups in total. The topological polar surface area (TPSA) is 63.2 Å². The van der Waals surface area contributed by atoms with Gasteiger partial charge < -0.3 is 15.4 Å². The number of aryl methyl sites for hydroxylation is 1. The van der Waals surface area contributed by atoms with Crippen molar-refractivity contribution in [2.24, 2.45) is 0 Å². The summed E-state index contributed by atoms with van der Waals surface area (Å²) in [6.45, 7) is 7.64. The van der Waals surface area contributed by atoms with Crippen molar-refractivity contribution < 1.29 is 9.53 Å². The number of carbonyl (C=O) groups excluding carboxylic acids is 1. The Hall–Kier alpha value is -1.78. The van der Waals surface area contributed by atoms with Crippen LogP contribution in [0.2, 0.25) is 0 Å². The number of alkyl carbamates (subject to hydrolysis) is 1. The van der Waals surface area contributed by atoms with E-state index in [9.17, 15) is 4.79 Å². The molecule has 1 aromatic rings. The second-order valence-electron chi connectivity index (χ2n) is 6.75. The molecule has 0 aromatic carbocycles. The summed E-state index contributed by atoms with van der Waals surface area (Å²) in [5, 5.41) is 6.42. The first-order valence-electron chi connectivity index (χ1n) is 7.49. The van der Waals surface area contributed by atoms with Crippen molar-refractivity contribution in [2.75, 3.05) is 5.32 Å². The maximum atomic E-state index is 11.8. The number of nitrogens with one attached hydrogen (secondary N) is 2. The van der Waals surface area contributed by atoms with Crippen molar-refractivity contribution in [2.45, 2.75) is 64.6 Å². The number of aromatic nitrogens is 1. The molecule has 2 rings (SSSR count). The maximum absolute atomic E-state index is 11.8. The number of nitrogens with zero attached hydrogens (tertiary/aromatic N) is 1. The third-order valence-corrected chi connectivity index (χ3v) is 3.40. The molecule has 0 saturated heterocycles. The zero-order valence-electron chi connectivity index (χ0n) is 13.3. The number of ether oxygens (including phenoxy) is 1. The summed E-state index contributed by atoms with van der Waals surface area (Å²) < 4.78 is 5.29. The highest BCUT2D eigenvalue weighted by molar-refractivity contribution is 5.68. The van der Waals surface area contributed by atoms with Crippen LogP contribution in [0.4, 0.5) is 10.5 Å². The van der Waals surface area contributed by atoms with Crippen molar-refractivity contribution in [3.8, 4) is 0 Å². The van der Waals surface area contributed by atoms with Gasteiger partial charge in [0.15, 0.2) is 0 Å². The molecular formula is C16H25N3O2. The maximum Gasteiger partial charge on any atom is 0.407 e. The fraction of sp³-hybridized carbons (Fsp3) is 0.625. The minimum atomic E-state index is -0.451. The lowest BCUT2D eigenvalue weighted by molar-refractivity contribution is 0.0505. The number of pyridine rings is 1. The summed E-state index contributed by atoms with van der Waals surface area (Å²) in [5.74, 6) is 0. The zero-order chi connectivity index (χ0) is 15.5. The van der Waals surface area contributed by atoms with Crippen LogP contribution in [0.5, 0.6) is 0 Å². The highest BCUT2D eigenvalue weighted by Crippen LogP contribution is 2.23. The van der Waals surface area contributed by atoms with Gasteiger partial charge in [0.05, 0.1) is 5.69 Å². The second-order valence-corrected chi connectivity index (χ2v) is 6.75. The molecule has 1 fully saturated rings. The molecular weight excluding hydrogens is 266 g/mol. The van der Waals surface area contributed by atoms with Gasteiger partial charge in [-0.05, 0) is 58.6 Å². The molecule has 1 aromatic heterocycles. The lowest BCUT2D eigenvalue weighted by atomic mass is 10.2. The van der Waals surface area contributed by atoms with Crippen molar-refractivity contribution >= 4 is 11.8 Å². The summed E-state index contributed by atoms with van der Waals surface area (Å²) in [6, 6.07) is 2.63. The Morgan fingerprint density at radius 2 is 2.00 bits per heavy atom. The standard InChI is InChI=1S/C16H25N3O2/c1-11-7-14(10-17-9-11)18-12-5-6-13(8-12)19-15(20)21-16(2,3)4/h7,9-10,12-13,18H,5-6,8H2,1-4H3,(H,19,20). The smallest absolute Gasteiger partial charge is 0.407 e. The Morgan fingerprint density at radius 1 is 1.29 bits per heavy atom. The SMILES string of the molecule is Cc1cncc(NC2CCC(NC(=O)OC(C)(C)C)C2)c1. The van der Waals surface area contributed by atoms with E-state index in [0.29, 0.717) is 6.04 Å². The van der Waals surface area contributed by atoms with Crippen molar-refractivity contribution in [1.29, 1.82) is 0 Å². The van der Waals surface area contributed by atoms with E-state index in [-0.39, 0.29) is 12.1 Å². The summed E-state index contributed by atoms with van der Waals surface area (Å²) >= 11 is 0. The number of anilines is 1. The Morgan fingerprint density at radius 3 is 2.67 bits per heavy atom. The molecule has 0 aliphatic heterocycles. The normalized spacial score (nSPS) is 21.9. The van der Waals surface area contributed by atoms with Gasteiger partial charge in [-0.1, -0.05) is 0 Å². The number of amides is 1. The predicted octanol–water partition coefficient (Wildman–Crippen LogP) is 3.25. The molecule has 0 spiro atoms. The first kappa shape index (κ1) is 15.6. The van der Waals surface area contributed by atoms with Crippen LogP contribution in [-0.4, -0.2) is 28.8 Å². The van der Waals surface area contributed by atoms with E-state index in [0.717, 1.165) is 30.5 Å². The molecule has 1 amide bonds. The average molecular weight is 291 g/mol. The summed E-state index contributed by atoms with van der Waals surface area (Å²) in [5.41, 5.74) is 1.73. The van der Waals surface area contributed by atoms with Gasteiger partial charge in [-0.15, -0.1) is 0 Å². The highest BCUT2D eigenvalue weighted by atomic mass is 16.6. The van der Waals surface area contributed by atoms with E-state index in [1.165, 1.54) is 0 Å². The van der Waals surface area contributed by atoms with Crippen LogP contribution < -0.4 is 10.6 Å². The Labute approximate surface area is 126 Å². The fourth-order valence-electron chi connectivity index (χ4n) is 2.59. The number of hydrogen-bond donors (Lipinski definition) is 2. The van der Waals surface area contributed by atoms with E-state index in [1.807, 2.05) is 40.1 Å². The van der Waals surface area contributed by atoms with Crippen LogP contribution in [0.25, 0.3) is 0 Å². The molecule has 116 valence electrons. The van der Waals surface area contributed by atoms with Crippen LogP contribution in [0, 0.1) is 6.92 Å². The lowest BCUT2D eigenvalue weighted by Gasteiger charge is -2.22. The van der Waals surface area contributed by atoms with Gasteiger partial charge in [0.1, 0.15) is 5.60 Å². The Kier molecular flexibility index (Phi) is 4.70. The number of hydrogen-bond acceptors (Lipinski definition) is 4. The van der Waals surface area contributed by atoms with Crippen molar-refractivity contribution in [3.63, 3.8) is 0 Å². The van der Waals surface area contributed by atoms with E-state index in [2.05, 4.69) is 21.7 Å². The van der Waals surface area contributed by atoms with Gasteiger partial charge in [0.25, 0.3) is 0 Å². The molecule has 2 unspecified atom stereocenters. The molecule has 2 atom stereocenters. The van der Waals surface area contributed by atoms with Crippen LogP contribution in [-0.2, 0) is 4.74 Å². The predicted molar refractivity (Wildman–Crippen MR) is 83.4 cm³/mol. The lowest BCUT2D eigenvalue weighted by Crippen LogP contribution is -2.38. The molecule has 5 nitrogen and oxygen atoms in total.